The van der Waals surface area contributed by atoms with Gasteiger partial charge in [0.05, 0.1) is 16.9 Å². The van der Waals surface area contributed by atoms with Gasteiger partial charge in [0.25, 0.3) is 0 Å². The van der Waals surface area contributed by atoms with Gasteiger partial charge in [-0.1, -0.05) is 12.2 Å². The third-order valence-electron chi connectivity index (χ3n) is 2.81. The van der Waals surface area contributed by atoms with Crippen LogP contribution in [0.4, 0.5) is 0 Å². The molecule has 1 aliphatic rings. The second-order valence-corrected chi connectivity index (χ2v) is 4.29. The standard InChI is InChI=1S/C9H17N3OS/c1-6(9(11)14)12-4-2-3-7(5-12)8(10)13/h6-7H,2-5H2,1H3,(H2,10,13)(H2,11,14). The van der Waals surface area contributed by atoms with Crippen molar-refractivity contribution in [2.24, 2.45) is 17.4 Å². The minimum absolute atomic E-state index is 0.0412. The van der Waals surface area contributed by atoms with E-state index in [1.165, 1.54) is 0 Å². The molecule has 1 rings (SSSR count). The molecule has 0 bridgehead atoms. The molecule has 0 aromatic heterocycles. The molecule has 2 atom stereocenters. The highest BCUT2D eigenvalue weighted by Gasteiger charge is 2.27. The Hall–Kier alpha value is -0.680. The van der Waals surface area contributed by atoms with E-state index in [1.807, 2.05) is 6.92 Å². The Morgan fingerprint density at radius 3 is 2.71 bits per heavy atom. The first-order valence-electron chi connectivity index (χ1n) is 4.85. The summed E-state index contributed by atoms with van der Waals surface area (Å²) in [7, 11) is 0. The fourth-order valence-electron chi connectivity index (χ4n) is 1.77. The number of carbonyl (C=O) groups excluding carboxylic acids is 1. The molecule has 1 heterocycles. The van der Waals surface area contributed by atoms with Crippen LogP contribution in [0.15, 0.2) is 0 Å². The van der Waals surface area contributed by atoms with Gasteiger partial charge in [-0.3, -0.25) is 9.69 Å². The average molecular weight is 215 g/mol. The number of amides is 1. The predicted octanol–water partition coefficient (Wildman–Crippen LogP) is -0.142. The van der Waals surface area contributed by atoms with Gasteiger partial charge >= 0.3 is 0 Å². The molecule has 4 nitrogen and oxygen atoms in total. The third kappa shape index (κ3) is 2.65. The highest BCUT2D eigenvalue weighted by atomic mass is 32.1. The molecular weight excluding hydrogens is 198 g/mol. The molecule has 0 saturated carbocycles. The summed E-state index contributed by atoms with van der Waals surface area (Å²) in [5.41, 5.74) is 10.8. The Morgan fingerprint density at radius 1 is 1.57 bits per heavy atom. The number of carbonyl (C=O) groups is 1. The van der Waals surface area contributed by atoms with Gasteiger partial charge in [0.15, 0.2) is 0 Å². The van der Waals surface area contributed by atoms with Crippen LogP contribution >= 0.6 is 12.2 Å². The van der Waals surface area contributed by atoms with Crippen molar-refractivity contribution in [3.63, 3.8) is 0 Å². The predicted molar refractivity (Wildman–Crippen MR) is 59.7 cm³/mol. The summed E-state index contributed by atoms with van der Waals surface area (Å²) in [4.78, 5) is 13.6. The van der Waals surface area contributed by atoms with E-state index in [4.69, 9.17) is 23.7 Å². The van der Waals surface area contributed by atoms with Gasteiger partial charge in [-0.15, -0.1) is 0 Å². The zero-order chi connectivity index (χ0) is 10.7. The largest absolute Gasteiger partial charge is 0.392 e. The van der Waals surface area contributed by atoms with E-state index in [9.17, 15) is 4.79 Å². The van der Waals surface area contributed by atoms with Crippen LogP contribution in [0, 0.1) is 5.92 Å². The van der Waals surface area contributed by atoms with E-state index >= 15 is 0 Å². The smallest absolute Gasteiger partial charge is 0.221 e. The van der Waals surface area contributed by atoms with Crippen LogP contribution in [0.2, 0.25) is 0 Å². The number of primary amides is 1. The van der Waals surface area contributed by atoms with Crippen molar-refractivity contribution in [3.8, 4) is 0 Å². The van der Waals surface area contributed by atoms with E-state index in [0.29, 0.717) is 11.5 Å². The second kappa shape index (κ2) is 4.70. The molecule has 5 heteroatoms. The Morgan fingerprint density at radius 2 is 2.21 bits per heavy atom. The summed E-state index contributed by atoms with van der Waals surface area (Å²) in [6, 6.07) is 0.0622. The summed E-state index contributed by atoms with van der Waals surface area (Å²) in [5, 5.41) is 0. The van der Waals surface area contributed by atoms with E-state index in [-0.39, 0.29) is 17.9 Å². The third-order valence-corrected chi connectivity index (χ3v) is 3.16. The van der Waals surface area contributed by atoms with Crippen molar-refractivity contribution in [1.82, 2.24) is 4.90 Å². The van der Waals surface area contributed by atoms with Crippen LogP contribution in [0.3, 0.4) is 0 Å². The van der Waals surface area contributed by atoms with Crippen molar-refractivity contribution in [1.29, 1.82) is 0 Å². The maximum atomic E-state index is 11.0. The molecule has 1 fully saturated rings. The van der Waals surface area contributed by atoms with Crippen molar-refractivity contribution >= 4 is 23.1 Å². The second-order valence-electron chi connectivity index (χ2n) is 3.81. The van der Waals surface area contributed by atoms with Gasteiger partial charge in [0.2, 0.25) is 5.91 Å². The Balaban J connectivity index is 2.55. The molecule has 4 N–H and O–H groups in total. The van der Waals surface area contributed by atoms with Gasteiger partial charge in [-0.05, 0) is 26.3 Å². The van der Waals surface area contributed by atoms with Crippen LogP contribution in [0.1, 0.15) is 19.8 Å². The molecule has 1 amide bonds. The van der Waals surface area contributed by atoms with Gasteiger partial charge in [0.1, 0.15) is 0 Å². The van der Waals surface area contributed by atoms with Crippen molar-refractivity contribution in [2.75, 3.05) is 13.1 Å². The van der Waals surface area contributed by atoms with Gasteiger partial charge in [-0.25, -0.2) is 0 Å². The monoisotopic (exact) mass is 215 g/mol. The van der Waals surface area contributed by atoms with E-state index < -0.39 is 0 Å². The first-order chi connectivity index (χ1) is 6.52. The molecule has 1 saturated heterocycles. The Labute approximate surface area is 89.6 Å². The van der Waals surface area contributed by atoms with Crippen molar-refractivity contribution in [3.05, 3.63) is 0 Å². The number of hydrogen-bond acceptors (Lipinski definition) is 3. The Kier molecular flexibility index (Phi) is 3.83. The highest BCUT2D eigenvalue weighted by molar-refractivity contribution is 7.80. The molecule has 14 heavy (non-hydrogen) atoms. The lowest BCUT2D eigenvalue weighted by atomic mass is 9.96. The topological polar surface area (TPSA) is 72.3 Å². The van der Waals surface area contributed by atoms with Gasteiger partial charge < -0.3 is 11.5 Å². The summed E-state index contributed by atoms with van der Waals surface area (Å²) < 4.78 is 0. The number of nitrogens with two attached hydrogens (primary N) is 2. The van der Waals surface area contributed by atoms with E-state index in [0.717, 1.165) is 19.4 Å². The minimum Gasteiger partial charge on any atom is -0.392 e. The molecule has 0 aliphatic carbocycles. The van der Waals surface area contributed by atoms with Crippen LogP contribution < -0.4 is 11.5 Å². The Bertz CT molecular complexity index is 232. The number of rotatable bonds is 3. The zero-order valence-corrected chi connectivity index (χ0v) is 9.22. The number of thiocarbonyl (C=S) groups is 1. The molecular formula is C9H17N3OS. The first-order valence-corrected chi connectivity index (χ1v) is 5.26. The lowest BCUT2D eigenvalue weighted by Crippen LogP contribution is -2.49. The number of piperidine rings is 1. The summed E-state index contributed by atoms with van der Waals surface area (Å²) in [6.45, 7) is 3.60. The lowest BCUT2D eigenvalue weighted by Gasteiger charge is -2.35. The molecule has 1 aliphatic heterocycles. The highest BCUT2D eigenvalue weighted by Crippen LogP contribution is 2.18. The SMILES string of the molecule is CC(C(N)=S)N1CCCC(C(N)=O)C1. The zero-order valence-electron chi connectivity index (χ0n) is 8.40. The normalized spacial score (nSPS) is 25.6. The average Bonchev–Trinajstić information content (AvgIpc) is 2.16. The van der Waals surface area contributed by atoms with E-state index in [2.05, 4.69) is 4.90 Å². The minimum atomic E-state index is -0.218. The molecule has 2 unspecified atom stereocenters. The molecule has 80 valence electrons. The van der Waals surface area contributed by atoms with Crippen LogP contribution in [-0.4, -0.2) is 34.9 Å². The fraction of sp³-hybridized carbons (Fsp3) is 0.778. The van der Waals surface area contributed by atoms with Crippen molar-refractivity contribution < 1.29 is 4.79 Å². The number of nitrogens with zero attached hydrogens (tertiary/aromatic N) is 1. The molecule has 0 aromatic carbocycles. The van der Waals surface area contributed by atoms with Crippen molar-refractivity contribution in [2.45, 2.75) is 25.8 Å². The maximum absolute atomic E-state index is 11.0. The van der Waals surface area contributed by atoms with Gasteiger partial charge in [0, 0.05) is 6.54 Å². The molecule has 0 spiro atoms. The molecule has 0 aromatic rings. The summed E-state index contributed by atoms with van der Waals surface area (Å²) in [6.07, 6.45) is 1.87. The number of likely N-dealkylation sites (tertiary alicyclic amines) is 1. The quantitative estimate of drug-likeness (QED) is 0.643. The van der Waals surface area contributed by atoms with Crippen LogP contribution in [0.5, 0.6) is 0 Å². The summed E-state index contributed by atoms with van der Waals surface area (Å²) >= 11 is 4.92. The lowest BCUT2D eigenvalue weighted by molar-refractivity contribution is -0.123. The van der Waals surface area contributed by atoms with E-state index in [1.54, 1.807) is 0 Å². The summed E-state index contributed by atoms with van der Waals surface area (Å²) in [5.74, 6) is -0.259. The maximum Gasteiger partial charge on any atom is 0.221 e. The van der Waals surface area contributed by atoms with Crippen LogP contribution in [-0.2, 0) is 4.79 Å². The number of hydrogen-bond donors (Lipinski definition) is 2. The van der Waals surface area contributed by atoms with Crippen LogP contribution in [0.25, 0.3) is 0 Å². The fourth-order valence-corrected chi connectivity index (χ4v) is 1.92. The molecule has 0 radical (unpaired) electrons. The first kappa shape index (κ1) is 11.4. The van der Waals surface area contributed by atoms with Gasteiger partial charge in [-0.2, -0.15) is 0 Å².